The first-order valence-corrected chi connectivity index (χ1v) is 14.4. The quantitative estimate of drug-likeness (QED) is 0.338. The van der Waals surface area contributed by atoms with Gasteiger partial charge in [0.15, 0.2) is 0 Å². The van der Waals surface area contributed by atoms with Gasteiger partial charge in [-0.15, -0.1) is 11.8 Å². The number of aliphatic hydroxyl groups excluding tert-OH is 3. The van der Waals surface area contributed by atoms with Gasteiger partial charge in [-0.3, -0.25) is 4.79 Å². The molecular weight excluding hydrogens is 487 g/mol. The summed E-state index contributed by atoms with van der Waals surface area (Å²) >= 11 is 1.11. The molecule has 4 aliphatic heterocycles. The van der Waals surface area contributed by atoms with Crippen molar-refractivity contribution in [1.29, 1.82) is 0 Å². The lowest BCUT2D eigenvalue weighted by atomic mass is 9.85. The van der Waals surface area contributed by atoms with Crippen LogP contribution in [0.15, 0.2) is 12.2 Å². The van der Waals surface area contributed by atoms with E-state index in [0.29, 0.717) is 31.4 Å². The molecule has 3 fully saturated rings. The summed E-state index contributed by atoms with van der Waals surface area (Å²) in [5.74, 6) is 0.992. The van der Waals surface area contributed by atoms with Crippen LogP contribution < -0.4 is 10.6 Å². The first-order chi connectivity index (χ1) is 17.2. The number of amides is 1. The molecule has 5 N–H and O–H groups in total. The zero-order valence-electron chi connectivity index (χ0n) is 21.5. The Morgan fingerprint density at radius 3 is 2.72 bits per heavy atom. The summed E-state index contributed by atoms with van der Waals surface area (Å²) in [5, 5.41) is 37.9. The molecule has 0 radical (unpaired) electrons. The van der Waals surface area contributed by atoms with E-state index in [2.05, 4.69) is 24.5 Å². The minimum atomic E-state index is -1.46. The highest BCUT2D eigenvalue weighted by molar-refractivity contribution is 8.00. The number of carbonyl (C=O) groups is 1. The fourth-order valence-corrected chi connectivity index (χ4v) is 7.42. The molecule has 4 rings (SSSR count). The molecule has 0 aromatic rings. The normalized spacial score (nSPS) is 45.7. The number of allylic oxidation sites excluding steroid dienone is 1. The first kappa shape index (κ1) is 28.3. The molecule has 0 saturated carbocycles. The van der Waals surface area contributed by atoms with Crippen LogP contribution in [0, 0.1) is 23.7 Å². The largest absolute Gasteiger partial charge is 0.388 e. The predicted molar refractivity (Wildman–Crippen MR) is 136 cm³/mol. The maximum atomic E-state index is 13.6. The van der Waals surface area contributed by atoms with E-state index < -0.39 is 53.9 Å². The topological polar surface area (TPSA) is 120 Å². The molecule has 0 spiro atoms. The molecule has 0 aromatic carbocycles. The van der Waals surface area contributed by atoms with Gasteiger partial charge in [-0.25, -0.2) is 4.39 Å². The summed E-state index contributed by atoms with van der Waals surface area (Å²) in [7, 11) is 0. The van der Waals surface area contributed by atoms with E-state index >= 15 is 0 Å². The van der Waals surface area contributed by atoms with E-state index in [1.54, 1.807) is 0 Å². The second-order valence-electron chi connectivity index (χ2n) is 11.4. The molecule has 8 nitrogen and oxygen atoms in total. The van der Waals surface area contributed by atoms with Crippen LogP contribution >= 0.6 is 11.8 Å². The average Bonchev–Trinajstić information content (AvgIpc) is 3.13. The van der Waals surface area contributed by atoms with E-state index in [1.807, 2.05) is 19.1 Å². The highest BCUT2D eigenvalue weighted by Crippen LogP contribution is 2.37. The van der Waals surface area contributed by atoms with Crippen LogP contribution in [0.1, 0.15) is 46.5 Å². The summed E-state index contributed by atoms with van der Waals surface area (Å²) in [6.45, 7) is 7.11. The van der Waals surface area contributed by atoms with Gasteiger partial charge in [-0.2, -0.15) is 0 Å². The van der Waals surface area contributed by atoms with E-state index in [4.69, 9.17) is 9.47 Å². The Kier molecular flexibility index (Phi) is 9.74. The molecule has 0 aliphatic carbocycles. The standard InChI is InChI=1S/C26H43FN2O6S/c1-13(2)9-15-7-8-34-23-16(10-15)12-28-19(23)25(33)29-18-14(3)5-4-6-17(11-27)36-26-22(32)20(30)21(31)24(18)35-26/h4-5,13-24,26,28,30-32H,6-12H2,1-3H3,(H,29,33)/t14-,15+,16+,17+,18-,19+,20+,21-,22-,23-,24-,26-/m1/s1. The Balaban J connectivity index is 1.50. The minimum absolute atomic E-state index is 0.217. The van der Waals surface area contributed by atoms with Crippen LogP contribution in [-0.2, 0) is 14.3 Å². The number of carbonyl (C=O) groups excluding carboxylic acids is 1. The summed E-state index contributed by atoms with van der Waals surface area (Å²) in [4.78, 5) is 13.6. The zero-order valence-corrected chi connectivity index (χ0v) is 22.3. The van der Waals surface area contributed by atoms with Crippen molar-refractivity contribution in [3.05, 3.63) is 12.2 Å². The van der Waals surface area contributed by atoms with Gasteiger partial charge in [0, 0.05) is 18.4 Å². The Morgan fingerprint density at radius 1 is 1.22 bits per heavy atom. The van der Waals surface area contributed by atoms with Crippen molar-refractivity contribution in [2.24, 2.45) is 23.7 Å². The monoisotopic (exact) mass is 530 g/mol. The number of halogens is 1. The molecule has 1 amide bonds. The lowest BCUT2D eigenvalue weighted by Gasteiger charge is -2.45. The average molecular weight is 531 g/mol. The van der Waals surface area contributed by atoms with Crippen LogP contribution in [-0.4, -0.2) is 94.3 Å². The molecule has 3 saturated heterocycles. The van der Waals surface area contributed by atoms with Crippen molar-refractivity contribution in [1.82, 2.24) is 10.6 Å². The van der Waals surface area contributed by atoms with Crippen LogP contribution in [0.2, 0.25) is 0 Å². The van der Waals surface area contributed by atoms with Gasteiger partial charge in [0.05, 0.1) is 12.1 Å². The van der Waals surface area contributed by atoms with Gasteiger partial charge in [0.1, 0.15) is 42.6 Å². The number of rotatable bonds is 5. The number of hydrogen-bond donors (Lipinski definition) is 5. The predicted octanol–water partition coefficient (Wildman–Crippen LogP) is 1.38. The van der Waals surface area contributed by atoms with Crippen molar-refractivity contribution < 1.29 is 34.0 Å². The zero-order chi connectivity index (χ0) is 26.0. The van der Waals surface area contributed by atoms with Gasteiger partial charge in [-0.1, -0.05) is 32.9 Å². The van der Waals surface area contributed by atoms with E-state index in [-0.39, 0.29) is 23.8 Å². The Hall–Kier alpha value is -0.750. The maximum Gasteiger partial charge on any atom is 0.240 e. The summed E-state index contributed by atoms with van der Waals surface area (Å²) in [6.07, 6.45) is 1.98. The van der Waals surface area contributed by atoms with Gasteiger partial charge < -0.3 is 35.4 Å². The molecule has 36 heavy (non-hydrogen) atoms. The van der Waals surface area contributed by atoms with E-state index in [9.17, 15) is 24.5 Å². The molecule has 4 heterocycles. The molecule has 12 atom stereocenters. The number of hydrogen-bond acceptors (Lipinski definition) is 8. The van der Waals surface area contributed by atoms with Crippen LogP contribution in [0.4, 0.5) is 4.39 Å². The van der Waals surface area contributed by atoms with Gasteiger partial charge in [0.25, 0.3) is 0 Å². The Bertz CT molecular complexity index is 775. The number of ether oxygens (including phenoxy) is 2. The highest BCUT2D eigenvalue weighted by Gasteiger charge is 2.50. The van der Waals surface area contributed by atoms with Gasteiger partial charge in [-0.05, 0) is 49.4 Å². The van der Waals surface area contributed by atoms with Gasteiger partial charge in [0.2, 0.25) is 5.91 Å². The van der Waals surface area contributed by atoms with Crippen molar-refractivity contribution in [3.8, 4) is 0 Å². The summed E-state index contributed by atoms with van der Waals surface area (Å²) < 4.78 is 25.8. The molecule has 0 unspecified atom stereocenters. The lowest BCUT2D eigenvalue weighted by molar-refractivity contribution is -0.207. The molecular formula is C26H43FN2O6S. The third kappa shape index (κ3) is 6.27. The molecule has 0 aromatic heterocycles. The SMILES string of the molecule is CC(C)C[C@@H]1CCO[C@@H]2[C@H](CN[C@@H]2C(=O)N[C@H]2[C@H]3O[C@H](S[C@H](CF)CC=C[C@H]2C)[C@H](O)[C@@H](O)[C@H]3O)C1. The smallest absolute Gasteiger partial charge is 0.240 e. The number of aliphatic hydroxyl groups is 3. The number of alkyl halides is 1. The molecule has 206 valence electrons. The molecule has 2 bridgehead atoms. The van der Waals surface area contributed by atoms with Crippen LogP contribution in [0.5, 0.6) is 0 Å². The van der Waals surface area contributed by atoms with Crippen molar-refractivity contribution in [3.63, 3.8) is 0 Å². The summed E-state index contributed by atoms with van der Waals surface area (Å²) in [6, 6.07) is -1.17. The van der Waals surface area contributed by atoms with Crippen molar-refractivity contribution in [2.45, 2.75) is 99.7 Å². The number of fused-ring (bicyclic) bond motifs is 3. The number of nitrogens with one attached hydrogen (secondary N) is 2. The molecule has 10 heteroatoms. The van der Waals surface area contributed by atoms with Gasteiger partial charge >= 0.3 is 0 Å². The first-order valence-electron chi connectivity index (χ1n) is 13.4. The Labute approximate surface area is 217 Å². The fourth-order valence-electron chi connectivity index (χ4n) is 6.23. The second kappa shape index (κ2) is 12.4. The fraction of sp³-hybridized carbons (Fsp3) is 0.885. The minimum Gasteiger partial charge on any atom is -0.388 e. The van der Waals surface area contributed by atoms with E-state index in [1.165, 1.54) is 0 Å². The second-order valence-corrected chi connectivity index (χ2v) is 12.8. The van der Waals surface area contributed by atoms with Crippen molar-refractivity contribution in [2.75, 3.05) is 19.8 Å². The maximum absolute atomic E-state index is 13.6. The number of thioether (sulfide) groups is 1. The third-order valence-corrected chi connectivity index (χ3v) is 9.49. The Morgan fingerprint density at radius 2 is 2.00 bits per heavy atom. The highest BCUT2D eigenvalue weighted by atomic mass is 32.2. The van der Waals surface area contributed by atoms with Crippen LogP contribution in [0.25, 0.3) is 0 Å². The third-order valence-electron chi connectivity index (χ3n) is 8.13. The van der Waals surface area contributed by atoms with E-state index in [0.717, 1.165) is 31.0 Å². The summed E-state index contributed by atoms with van der Waals surface area (Å²) in [5.41, 5.74) is -0.913. The lowest BCUT2D eigenvalue weighted by Crippen LogP contribution is -2.65. The van der Waals surface area contributed by atoms with Crippen molar-refractivity contribution >= 4 is 17.7 Å². The van der Waals surface area contributed by atoms with Crippen LogP contribution in [0.3, 0.4) is 0 Å². The molecule has 4 aliphatic rings.